The molecule has 0 aromatic heterocycles. The molecular weight excluding hydrogens is 234 g/mol. The molecule has 0 fully saturated rings. The van der Waals surface area contributed by atoms with Gasteiger partial charge in [-0.25, -0.2) is 0 Å². The molecule has 0 saturated heterocycles. The SMILES string of the molecule is CCC(C)C(N)/C=C(/O)C1C=CC(C(C)C)=CC1C. The maximum atomic E-state index is 10.3. The number of aliphatic hydroxyl groups excluding tert-OH is 1. The van der Waals surface area contributed by atoms with E-state index >= 15 is 0 Å². The molecule has 0 aliphatic heterocycles. The molecular formula is C17H29NO. The average Bonchev–Trinajstić information content (AvgIpc) is 2.37. The Hall–Kier alpha value is -1.02. The topological polar surface area (TPSA) is 46.2 Å². The van der Waals surface area contributed by atoms with Crippen molar-refractivity contribution in [3.8, 4) is 0 Å². The van der Waals surface area contributed by atoms with Crippen molar-refractivity contribution in [2.24, 2.45) is 29.4 Å². The van der Waals surface area contributed by atoms with Gasteiger partial charge in [0.05, 0.1) is 5.76 Å². The van der Waals surface area contributed by atoms with Gasteiger partial charge in [-0.1, -0.05) is 59.3 Å². The quantitative estimate of drug-likeness (QED) is 0.730. The lowest BCUT2D eigenvalue weighted by Crippen LogP contribution is -2.27. The highest BCUT2D eigenvalue weighted by molar-refractivity contribution is 5.30. The van der Waals surface area contributed by atoms with Crippen LogP contribution in [-0.4, -0.2) is 11.1 Å². The van der Waals surface area contributed by atoms with Crippen LogP contribution in [-0.2, 0) is 0 Å². The second-order valence-electron chi connectivity index (χ2n) is 6.12. The monoisotopic (exact) mass is 263 g/mol. The maximum Gasteiger partial charge on any atom is 0.0972 e. The number of aliphatic hydroxyl groups is 1. The van der Waals surface area contributed by atoms with Crippen molar-refractivity contribution in [3.05, 3.63) is 35.6 Å². The summed E-state index contributed by atoms with van der Waals surface area (Å²) in [5.41, 5.74) is 7.43. The maximum absolute atomic E-state index is 10.3. The standard InChI is InChI=1S/C17H29NO/c1-6-12(4)16(18)10-17(19)15-8-7-14(11(2)3)9-13(15)5/h7-13,15-16,19H,6,18H2,1-5H3/b17-10+. The van der Waals surface area contributed by atoms with Crippen molar-refractivity contribution in [2.75, 3.05) is 0 Å². The zero-order chi connectivity index (χ0) is 14.6. The summed E-state index contributed by atoms with van der Waals surface area (Å²) in [6, 6.07) is -0.0684. The summed E-state index contributed by atoms with van der Waals surface area (Å²) in [5, 5.41) is 10.3. The second kappa shape index (κ2) is 6.95. The summed E-state index contributed by atoms with van der Waals surface area (Å²) in [6.45, 7) is 10.8. The van der Waals surface area contributed by atoms with Crippen molar-refractivity contribution in [1.29, 1.82) is 0 Å². The first kappa shape index (κ1) is 16.0. The molecule has 0 aromatic rings. The van der Waals surface area contributed by atoms with Crippen molar-refractivity contribution >= 4 is 0 Å². The van der Waals surface area contributed by atoms with Crippen LogP contribution in [0.2, 0.25) is 0 Å². The van der Waals surface area contributed by atoms with Gasteiger partial charge < -0.3 is 10.8 Å². The molecule has 1 rings (SSSR count). The number of hydrogen-bond donors (Lipinski definition) is 2. The third-order valence-electron chi connectivity index (χ3n) is 4.19. The van der Waals surface area contributed by atoms with Crippen molar-refractivity contribution < 1.29 is 5.11 Å². The van der Waals surface area contributed by atoms with E-state index in [1.165, 1.54) is 5.57 Å². The Balaban J connectivity index is 2.78. The minimum atomic E-state index is -0.0684. The molecule has 1 aliphatic rings. The molecule has 0 radical (unpaired) electrons. The lowest BCUT2D eigenvalue weighted by atomic mass is 9.82. The van der Waals surface area contributed by atoms with Crippen LogP contribution in [0.4, 0.5) is 0 Å². The van der Waals surface area contributed by atoms with Crippen LogP contribution in [0, 0.1) is 23.7 Å². The van der Waals surface area contributed by atoms with Crippen molar-refractivity contribution in [2.45, 2.75) is 47.1 Å². The fourth-order valence-corrected chi connectivity index (χ4v) is 2.35. The summed E-state index contributed by atoms with van der Waals surface area (Å²) >= 11 is 0. The number of rotatable bonds is 5. The van der Waals surface area contributed by atoms with E-state index < -0.39 is 0 Å². The van der Waals surface area contributed by atoms with Gasteiger partial charge >= 0.3 is 0 Å². The van der Waals surface area contributed by atoms with Gasteiger partial charge in [-0.15, -0.1) is 0 Å². The fraction of sp³-hybridized carbons (Fsp3) is 0.647. The number of hydrogen-bond acceptors (Lipinski definition) is 2. The largest absolute Gasteiger partial charge is 0.512 e. The Morgan fingerprint density at radius 3 is 2.53 bits per heavy atom. The lowest BCUT2D eigenvalue weighted by molar-refractivity contribution is 0.319. The van der Waals surface area contributed by atoms with Crippen LogP contribution >= 0.6 is 0 Å². The molecule has 2 heteroatoms. The van der Waals surface area contributed by atoms with Crippen LogP contribution in [0.15, 0.2) is 35.6 Å². The van der Waals surface area contributed by atoms with E-state index in [0.29, 0.717) is 23.5 Å². The van der Waals surface area contributed by atoms with Gasteiger partial charge in [-0.2, -0.15) is 0 Å². The lowest BCUT2D eigenvalue weighted by Gasteiger charge is -2.25. The minimum Gasteiger partial charge on any atom is -0.512 e. The molecule has 0 aromatic carbocycles. The third kappa shape index (κ3) is 4.24. The Kier molecular flexibility index (Phi) is 5.86. The highest BCUT2D eigenvalue weighted by Gasteiger charge is 2.22. The predicted molar refractivity (Wildman–Crippen MR) is 82.9 cm³/mol. The van der Waals surface area contributed by atoms with Gasteiger partial charge in [-0.3, -0.25) is 0 Å². The first-order valence-corrected chi connectivity index (χ1v) is 7.43. The summed E-state index contributed by atoms with van der Waals surface area (Å²) in [5.74, 6) is 1.73. The molecule has 2 nitrogen and oxygen atoms in total. The third-order valence-corrected chi connectivity index (χ3v) is 4.19. The molecule has 0 heterocycles. The zero-order valence-electron chi connectivity index (χ0n) is 12.9. The highest BCUT2D eigenvalue weighted by atomic mass is 16.3. The van der Waals surface area contributed by atoms with E-state index in [1.54, 1.807) is 0 Å². The summed E-state index contributed by atoms with van der Waals surface area (Å²) < 4.78 is 0. The minimum absolute atomic E-state index is 0.0672. The Morgan fingerprint density at radius 2 is 2.05 bits per heavy atom. The first-order valence-electron chi connectivity index (χ1n) is 7.43. The predicted octanol–water partition coefficient (Wildman–Crippen LogP) is 4.21. The molecule has 4 atom stereocenters. The molecule has 0 amide bonds. The van der Waals surface area contributed by atoms with Crippen molar-refractivity contribution in [3.63, 3.8) is 0 Å². The molecule has 19 heavy (non-hydrogen) atoms. The van der Waals surface area contributed by atoms with Gasteiger partial charge in [0, 0.05) is 12.0 Å². The first-order chi connectivity index (χ1) is 8.86. The van der Waals surface area contributed by atoms with E-state index in [2.05, 4.69) is 52.8 Å². The molecule has 108 valence electrons. The molecule has 4 unspecified atom stereocenters. The van der Waals surface area contributed by atoms with Gasteiger partial charge in [0.15, 0.2) is 0 Å². The smallest absolute Gasteiger partial charge is 0.0972 e. The summed E-state index contributed by atoms with van der Waals surface area (Å²) in [4.78, 5) is 0. The highest BCUT2D eigenvalue weighted by Crippen LogP contribution is 2.30. The van der Waals surface area contributed by atoms with Gasteiger partial charge in [-0.05, 0) is 29.4 Å². The van der Waals surface area contributed by atoms with E-state index in [1.807, 2.05) is 6.08 Å². The zero-order valence-corrected chi connectivity index (χ0v) is 12.9. The Morgan fingerprint density at radius 1 is 1.42 bits per heavy atom. The van der Waals surface area contributed by atoms with E-state index in [4.69, 9.17) is 5.73 Å². The van der Waals surface area contributed by atoms with Gasteiger partial charge in [0.25, 0.3) is 0 Å². The second-order valence-corrected chi connectivity index (χ2v) is 6.12. The fourth-order valence-electron chi connectivity index (χ4n) is 2.35. The van der Waals surface area contributed by atoms with Crippen LogP contribution in [0.1, 0.15) is 41.0 Å². The summed E-state index contributed by atoms with van der Waals surface area (Å²) in [6.07, 6.45) is 9.35. The van der Waals surface area contributed by atoms with E-state index in [9.17, 15) is 5.11 Å². The van der Waals surface area contributed by atoms with Crippen molar-refractivity contribution in [1.82, 2.24) is 0 Å². The van der Waals surface area contributed by atoms with Gasteiger partial charge in [0.1, 0.15) is 0 Å². The number of allylic oxidation sites excluding steroid dienone is 4. The molecule has 0 saturated carbocycles. The van der Waals surface area contributed by atoms with Crippen LogP contribution in [0.5, 0.6) is 0 Å². The molecule has 0 bridgehead atoms. The van der Waals surface area contributed by atoms with Gasteiger partial charge in [0.2, 0.25) is 0 Å². The summed E-state index contributed by atoms with van der Waals surface area (Å²) in [7, 11) is 0. The Labute approximate surface area is 118 Å². The van der Waals surface area contributed by atoms with Crippen LogP contribution < -0.4 is 5.73 Å². The normalized spacial score (nSPS) is 27.3. The molecule has 1 aliphatic carbocycles. The van der Waals surface area contributed by atoms with Crippen LogP contribution in [0.3, 0.4) is 0 Å². The average molecular weight is 263 g/mol. The number of nitrogens with two attached hydrogens (primary N) is 1. The molecule has 0 spiro atoms. The van der Waals surface area contributed by atoms with E-state index in [-0.39, 0.29) is 12.0 Å². The molecule has 3 N–H and O–H groups in total. The Bertz CT molecular complexity index is 379. The van der Waals surface area contributed by atoms with Crippen LogP contribution in [0.25, 0.3) is 0 Å². The van der Waals surface area contributed by atoms with E-state index in [0.717, 1.165) is 6.42 Å².